The molecule has 0 saturated carbocycles. The predicted molar refractivity (Wildman–Crippen MR) is 74.4 cm³/mol. The third kappa shape index (κ3) is 3.11. The van der Waals surface area contributed by atoms with E-state index in [0.717, 1.165) is 0 Å². The lowest BCUT2D eigenvalue weighted by molar-refractivity contribution is 0.292. The molecule has 98 valence electrons. The fourth-order valence-corrected chi connectivity index (χ4v) is 2.76. The van der Waals surface area contributed by atoms with Gasteiger partial charge in [0.25, 0.3) is 0 Å². The first-order chi connectivity index (χ1) is 7.85. The third-order valence-corrected chi connectivity index (χ3v) is 3.72. The Balaban J connectivity index is 3.08. The Morgan fingerprint density at radius 3 is 2.18 bits per heavy atom. The summed E-state index contributed by atoms with van der Waals surface area (Å²) in [5.74, 6) is 0. The molecule has 0 fully saturated rings. The summed E-state index contributed by atoms with van der Waals surface area (Å²) in [6.07, 6.45) is 8.88. The van der Waals surface area contributed by atoms with Crippen LogP contribution in [0.15, 0.2) is 12.5 Å². The van der Waals surface area contributed by atoms with Gasteiger partial charge in [0.05, 0.1) is 6.33 Å². The molecule has 1 aromatic rings. The van der Waals surface area contributed by atoms with Crippen LogP contribution in [0.4, 0.5) is 0 Å². The molecule has 2 heteroatoms. The summed E-state index contributed by atoms with van der Waals surface area (Å²) in [4.78, 5) is 4.38. The number of rotatable bonds is 6. The zero-order valence-corrected chi connectivity index (χ0v) is 12.4. The van der Waals surface area contributed by atoms with Crippen LogP contribution in [0.1, 0.15) is 72.9 Å². The molecule has 0 N–H and O–H groups in total. The lowest BCUT2D eigenvalue weighted by atomic mass is 9.83. The monoisotopic (exact) mass is 236 g/mol. The molecule has 0 bridgehead atoms. The summed E-state index contributed by atoms with van der Waals surface area (Å²) in [7, 11) is 0. The van der Waals surface area contributed by atoms with Crippen LogP contribution in [0.3, 0.4) is 0 Å². The van der Waals surface area contributed by atoms with Crippen LogP contribution in [-0.2, 0) is 11.0 Å². The Morgan fingerprint density at radius 2 is 1.65 bits per heavy atom. The van der Waals surface area contributed by atoms with Crippen LogP contribution in [0, 0.1) is 0 Å². The molecule has 0 aliphatic rings. The number of nitrogens with zero attached hydrogens (tertiary/aromatic N) is 2. The Hall–Kier alpha value is -0.790. The highest BCUT2D eigenvalue weighted by atomic mass is 15.1. The zero-order valence-electron chi connectivity index (χ0n) is 12.4. The Kier molecular flexibility index (Phi) is 4.40. The number of hydrogen-bond acceptors (Lipinski definition) is 1. The summed E-state index contributed by atoms with van der Waals surface area (Å²) in [5, 5.41) is 0. The van der Waals surface area contributed by atoms with Crippen LogP contribution < -0.4 is 0 Å². The molecule has 0 aliphatic heterocycles. The Morgan fingerprint density at radius 1 is 1.06 bits per heavy atom. The topological polar surface area (TPSA) is 17.8 Å². The molecule has 1 rings (SSSR count). The van der Waals surface area contributed by atoms with Crippen molar-refractivity contribution in [3.63, 3.8) is 0 Å². The maximum Gasteiger partial charge on any atom is 0.0953 e. The molecule has 17 heavy (non-hydrogen) atoms. The smallest absolute Gasteiger partial charge is 0.0953 e. The minimum absolute atomic E-state index is 0.172. The van der Waals surface area contributed by atoms with Gasteiger partial charge in [0.2, 0.25) is 0 Å². The highest BCUT2D eigenvalue weighted by Crippen LogP contribution is 2.33. The van der Waals surface area contributed by atoms with Gasteiger partial charge < -0.3 is 4.57 Å². The van der Waals surface area contributed by atoms with E-state index in [9.17, 15) is 0 Å². The van der Waals surface area contributed by atoms with E-state index in [1.807, 2.05) is 12.5 Å². The molecule has 0 aliphatic carbocycles. The first-order valence-electron chi connectivity index (χ1n) is 6.88. The van der Waals surface area contributed by atoms with Gasteiger partial charge in [-0.3, -0.25) is 0 Å². The quantitative estimate of drug-likeness (QED) is 0.711. The summed E-state index contributed by atoms with van der Waals surface area (Å²) in [5.41, 5.74) is 1.76. The fraction of sp³-hybridized carbons (Fsp3) is 0.800. The molecule has 0 aromatic carbocycles. The van der Waals surface area contributed by atoms with Crippen LogP contribution >= 0.6 is 0 Å². The second kappa shape index (κ2) is 5.24. The first kappa shape index (κ1) is 14.3. The minimum Gasteiger partial charge on any atom is -0.329 e. The van der Waals surface area contributed by atoms with Gasteiger partial charge in [-0.05, 0) is 26.7 Å². The van der Waals surface area contributed by atoms with Gasteiger partial charge in [0.15, 0.2) is 0 Å². The summed E-state index contributed by atoms with van der Waals surface area (Å²) >= 11 is 0. The van der Waals surface area contributed by atoms with Crippen molar-refractivity contribution >= 4 is 0 Å². The van der Waals surface area contributed by atoms with Crippen molar-refractivity contribution in [3.05, 3.63) is 18.2 Å². The maximum absolute atomic E-state index is 4.38. The molecule has 0 saturated heterocycles. The van der Waals surface area contributed by atoms with Gasteiger partial charge in [-0.25, -0.2) is 4.98 Å². The molecule has 0 atom stereocenters. The van der Waals surface area contributed by atoms with E-state index in [2.05, 4.69) is 51.1 Å². The molecule has 0 amide bonds. The van der Waals surface area contributed by atoms with Crippen molar-refractivity contribution < 1.29 is 0 Å². The lowest BCUT2D eigenvalue weighted by Crippen LogP contribution is -2.32. The average molecular weight is 236 g/mol. The van der Waals surface area contributed by atoms with Gasteiger partial charge in [-0.15, -0.1) is 0 Å². The highest BCUT2D eigenvalue weighted by molar-refractivity contribution is 5.14. The third-order valence-electron chi connectivity index (χ3n) is 3.72. The van der Waals surface area contributed by atoms with E-state index in [0.29, 0.717) is 0 Å². The van der Waals surface area contributed by atoms with Crippen molar-refractivity contribution in [2.45, 2.75) is 78.2 Å². The van der Waals surface area contributed by atoms with Crippen LogP contribution in [-0.4, -0.2) is 9.55 Å². The first-order valence-corrected chi connectivity index (χ1v) is 6.88. The molecule has 0 spiro atoms. The second-order valence-corrected chi connectivity index (χ2v) is 6.35. The summed E-state index contributed by atoms with van der Waals surface area (Å²) < 4.78 is 2.38. The van der Waals surface area contributed by atoms with Crippen LogP contribution in [0.25, 0.3) is 0 Å². The standard InChI is InChI=1S/C15H28N2/c1-7-9-14(3,4)13-11-16-12-17(13)15(5,6)10-8-2/h11-12H,7-10H2,1-6H3. The van der Waals surface area contributed by atoms with Crippen LogP contribution in [0.2, 0.25) is 0 Å². The van der Waals surface area contributed by atoms with Gasteiger partial charge in [0, 0.05) is 22.8 Å². The van der Waals surface area contributed by atoms with Crippen LogP contribution in [0.5, 0.6) is 0 Å². The van der Waals surface area contributed by atoms with E-state index in [-0.39, 0.29) is 11.0 Å². The largest absolute Gasteiger partial charge is 0.329 e. The average Bonchev–Trinajstić information content (AvgIpc) is 2.66. The summed E-state index contributed by atoms with van der Waals surface area (Å²) in [6.45, 7) is 13.8. The molecular formula is C15H28N2. The molecule has 1 aromatic heterocycles. The van der Waals surface area contributed by atoms with Crippen molar-refractivity contribution in [2.75, 3.05) is 0 Å². The molecule has 0 radical (unpaired) electrons. The van der Waals surface area contributed by atoms with E-state index in [4.69, 9.17) is 0 Å². The zero-order chi connectivity index (χ0) is 13.1. The number of imidazole rings is 1. The highest BCUT2D eigenvalue weighted by Gasteiger charge is 2.29. The normalized spacial score (nSPS) is 13.1. The maximum atomic E-state index is 4.38. The molecule has 1 heterocycles. The van der Waals surface area contributed by atoms with Crippen molar-refractivity contribution in [1.82, 2.24) is 9.55 Å². The van der Waals surface area contributed by atoms with Gasteiger partial charge in [-0.1, -0.05) is 40.5 Å². The second-order valence-electron chi connectivity index (χ2n) is 6.35. The predicted octanol–water partition coefficient (Wildman–Crippen LogP) is 4.50. The number of aromatic nitrogens is 2. The van der Waals surface area contributed by atoms with Gasteiger partial charge >= 0.3 is 0 Å². The van der Waals surface area contributed by atoms with Crippen molar-refractivity contribution in [3.8, 4) is 0 Å². The molecule has 0 unspecified atom stereocenters. The fourth-order valence-electron chi connectivity index (χ4n) is 2.76. The Bertz CT molecular complexity index is 315. The summed E-state index contributed by atoms with van der Waals surface area (Å²) in [6, 6.07) is 0. The van der Waals surface area contributed by atoms with E-state index < -0.39 is 0 Å². The van der Waals surface area contributed by atoms with Crippen molar-refractivity contribution in [2.24, 2.45) is 0 Å². The minimum atomic E-state index is 0.172. The Labute approximate surface area is 106 Å². The molecular weight excluding hydrogens is 208 g/mol. The number of hydrogen-bond donors (Lipinski definition) is 0. The van der Waals surface area contributed by atoms with Gasteiger partial charge in [-0.2, -0.15) is 0 Å². The molecule has 2 nitrogen and oxygen atoms in total. The lowest BCUT2D eigenvalue weighted by Gasteiger charge is -2.34. The SMILES string of the molecule is CCCC(C)(C)c1cncn1C(C)(C)CCC. The van der Waals surface area contributed by atoms with E-state index in [1.165, 1.54) is 31.4 Å². The van der Waals surface area contributed by atoms with Crippen molar-refractivity contribution in [1.29, 1.82) is 0 Å². The van der Waals surface area contributed by atoms with E-state index in [1.54, 1.807) is 0 Å². The van der Waals surface area contributed by atoms with Gasteiger partial charge in [0.1, 0.15) is 0 Å². The van der Waals surface area contributed by atoms with E-state index >= 15 is 0 Å².